The van der Waals surface area contributed by atoms with Gasteiger partial charge in [-0.2, -0.15) is 0 Å². The van der Waals surface area contributed by atoms with Crippen molar-refractivity contribution >= 4 is 5.91 Å². The molecule has 4 aromatic rings. The zero-order chi connectivity index (χ0) is 31.6. The first-order valence-electron chi connectivity index (χ1n) is 15.0. The Morgan fingerprint density at radius 1 is 0.727 bits per heavy atom. The predicted molar refractivity (Wildman–Crippen MR) is 177 cm³/mol. The zero-order valence-electron chi connectivity index (χ0n) is 26.7. The van der Waals surface area contributed by atoms with E-state index in [0.717, 1.165) is 39.3 Å². The van der Waals surface area contributed by atoms with Crippen LogP contribution >= 0.6 is 0 Å². The summed E-state index contributed by atoms with van der Waals surface area (Å²) in [5, 5.41) is 2.99. The van der Waals surface area contributed by atoms with E-state index < -0.39 is 5.41 Å². The molecule has 0 heterocycles. The van der Waals surface area contributed by atoms with E-state index in [1.54, 1.807) is 21.3 Å². The number of methoxy groups -OCH3 is 3. The third kappa shape index (κ3) is 7.26. The molecule has 44 heavy (non-hydrogen) atoms. The molecule has 0 aliphatic rings. The molecule has 0 unspecified atom stereocenters. The van der Waals surface area contributed by atoms with Crippen LogP contribution in [0.2, 0.25) is 0 Å². The fourth-order valence-corrected chi connectivity index (χ4v) is 5.90. The molecule has 0 radical (unpaired) electrons. The van der Waals surface area contributed by atoms with Crippen molar-refractivity contribution in [3.05, 3.63) is 125 Å². The van der Waals surface area contributed by atoms with E-state index in [9.17, 15) is 4.79 Å². The van der Waals surface area contributed by atoms with Crippen LogP contribution in [0.3, 0.4) is 0 Å². The van der Waals surface area contributed by atoms with E-state index in [2.05, 4.69) is 74.3 Å². The van der Waals surface area contributed by atoms with E-state index in [-0.39, 0.29) is 11.3 Å². The summed E-state index contributed by atoms with van der Waals surface area (Å²) in [4.78, 5) is 12.4. The molecule has 0 aliphatic carbocycles. The fourth-order valence-electron chi connectivity index (χ4n) is 5.90. The van der Waals surface area contributed by atoms with Crippen LogP contribution in [0.25, 0.3) is 0 Å². The summed E-state index contributed by atoms with van der Waals surface area (Å²) in [6.45, 7) is 7.33. The summed E-state index contributed by atoms with van der Waals surface area (Å²) in [5.41, 5.74) is 4.50. The number of amides is 1. The lowest BCUT2D eigenvalue weighted by Crippen LogP contribution is -2.42. The molecule has 0 aliphatic heterocycles. The minimum atomic E-state index is -0.537. The van der Waals surface area contributed by atoms with Crippen molar-refractivity contribution in [3.8, 4) is 29.1 Å². The highest BCUT2D eigenvalue weighted by atomic mass is 16.5. The summed E-state index contributed by atoms with van der Waals surface area (Å²) in [5.74, 6) is 9.00. The topological polar surface area (TPSA) is 56.8 Å². The number of hydrogen-bond donors (Lipinski definition) is 1. The third-order valence-electron chi connectivity index (χ3n) is 8.06. The molecule has 0 spiro atoms. The molecule has 0 fully saturated rings. The van der Waals surface area contributed by atoms with E-state index >= 15 is 0 Å². The minimum Gasteiger partial charge on any atom is -0.497 e. The van der Waals surface area contributed by atoms with Gasteiger partial charge in [-0.05, 0) is 70.5 Å². The van der Waals surface area contributed by atoms with Crippen LogP contribution in [0.1, 0.15) is 67.9 Å². The molecule has 1 N–H and O–H groups in total. The molecule has 5 heteroatoms. The third-order valence-corrected chi connectivity index (χ3v) is 8.06. The second kappa shape index (κ2) is 14.7. The van der Waals surface area contributed by atoms with Gasteiger partial charge in [0.25, 0.3) is 0 Å². The van der Waals surface area contributed by atoms with Crippen molar-refractivity contribution in [2.24, 2.45) is 5.41 Å². The molecule has 0 bridgehead atoms. The van der Waals surface area contributed by atoms with Crippen LogP contribution in [-0.2, 0) is 16.8 Å². The Morgan fingerprint density at radius 3 is 1.82 bits per heavy atom. The van der Waals surface area contributed by atoms with Gasteiger partial charge in [-0.1, -0.05) is 93.3 Å². The number of carbonyl (C=O) groups is 1. The Bertz CT molecular complexity index is 1530. The smallest absolute Gasteiger partial charge is 0.220 e. The summed E-state index contributed by atoms with van der Waals surface area (Å²) in [6, 6.07) is 32.9. The average molecular weight is 590 g/mol. The number of rotatable bonds is 11. The number of unbranched alkanes of at least 4 members (excludes halogenated alkanes) is 1. The van der Waals surface area contributed by atoms with Crippen molar-refractivity contribution in [2.75, 3.05) is 21.3 Å². The second-order valence-electron chi connectivity index (χ2n) is 11.8. The molecule has 4 aromatic carbocycles. The van der Waals surface area contributed by atoms with Crippen LogP contribution in [0.4, 0.5) is 0 Å². The zero-order valence-corrected chi connectivity index (χ0v) is 26.7. The minimum absolute atomic E-state index is 0.0316. The van der Waals surface area contributed by atoms with Gasteiger partial charge in [0.15, 0.2) is 0 Å². The number of nitrogens with one attached hydrogen (secondary N) is 1. The summed E-state index contributed by atoms with van der Waals surface area (Å²) in [6.07, 6.45) is 1.72. The van der Waals surface area contributed by atoms with Crippen molar-refractivity contribution in [1.29, 1.82) is 0 Å². The summed E-state index contributed by atoms with van der Waals surface area (Å²) < 4.78 is 16.7. The highest BCUT2D eigenvalue weighted by Crippen LogP contribution is 2.52. The predicted octanol–water partition coefficient (Wildman–Crippen LogP) is 7.93. The van der Waals surface area contributed by atoms with E-state index in [4.69, 9.17) is 14.2 Å². The molecule has 0 aromatic heterocycles. The van der Waals surface area contributed by atoms with Crippen LogP contribution < -0.4 is 19.5 Å². The van der Waals surface area contributed by atoms with Gasteiger partial charge in [0.2, 0.25) is 5.91 Å². The van der Waals surface area contributed by atoms with E-state index in [1.807, 2.05) is 60.7 Å². The molecular formula is C39H43NO4. The van der Waals surface area contributed by atoms with Gasteiger partial charge in [-0.3, -0.25) is 4.79 Å². The lowest BCUT2D eigenvalue weighted by molar-refractivity contribution is -0.121. The maximum atomic E-state index is 12.4. The molecule has 4 rings (SSSR count). The molecule has 5 nitrogen and oxygen atoms in total. The Balaban J connectivity index is 1.66. The van der Waals surface area contributed by atoms with Gasteiger partial charge in [0.1, 0.15) is 17.2 Å². The van der Waals surface area contributed by atoms with Crippen molar-refractivity contribution < 1.29 is 19.0 Å². The molecule has 228 valence electrons. The number of ether oxygens (including phenoxy) is 3. The molecular weight excluding hydrogens is 546 g/mol. The molecule has 0 saturated carbocycles. The monoisotopic (exact) mass is 589 g/mol. The quantitative estimate of drug-likeness (QED) is 0.110. The van der Waals surface area contributed by atoms with Gasteiger partial charge < -0.3 is 19.5 Å². The highest BCUT2D eigenvalue weighted by Gasteiger charge is 2.46. The van der Waals surface area contributed by atoms with Gasteiger partial charge in [0.05, 0.1) is 26.9 Å². The van der Waals surface area contributed by atoms with Gasteiger partial charge in [0, 0.05) is 24.8 Å². The summed E-state index contributed by atoms with van der Waals surface area (Å²) >= 11 is 0. The SMILES string of the molecule is COc1ccc(C(c2ccc(OC)cc2)(c2ccc(OC)c(C#CCCCC(=O)NCc3ccccc3)c2)C(C)(C)C)cc1. The number of hydrogen-bond acceptors (Lipinski definition) is 4. The Morgan fingerprint density at radius 2 is 1.30 bits per heavy atom. The van der Waals surface area contributed by atoms with Gasteiger partial charge >= 0.3 is 0 Å². The van der Waals surface area contributed by atoms with Crippen LogP contribution in [0.5, 0.6) is 17.2 Å². The first-order valence-corrected chi connectivity index (χ1v) is 15.0. The Kier molecular flexibility index (Phi) is 10.7. The number of benzene rings is 4. The largest absolute Gasteiger partial charge is 0.497 e. The second-order valence-corrected chi connectivity index (χ2v) is 11.8. The van der Waals surface area contributed by atoms with Crippen molar-refractivity contribution in [2.45, 2.75) is 52.0 Å². The normalized spacial score (nSPS) is 11.2. The van der Waals surface area contributed by atoms with E-state index in [1.165, 1.54) is 0 Å². The van der Waals surface area contributed by atoms with Crippen molar-refractivity contribution in [3.63, 3.8) is 0 Å². The molecule has 0 saturated heterocycles. The maximum absolute atomic E-state index is 12.4. The number of carbonyl (C=O) groups excluding carboxylic acids is 1. The summed E-state index contributed by atoms with van der Waals surface area (Å²) in [7, 11) is 5.03. The maximum Gasteiger partial charge on any atom is 0.220 e. The van der Waals surface area contributed by atoms with Crippen LogP contribution in [0, 0.1) is 17.3 Å². The fraction of sp³-hybridized carbons (Fsp3) is 0.308. The van der Waals surface area contributed by atoms with Crippen molar-refractivity contribution in [1.82, 2.24) is 5.32 Å². The van der Waals surface area contributed by atoms with Crippen LogP contribution in [-0.4, -0.2) is 27.2 Å². The lowest BCUT2D eigenvalue weighted by Gasteiger charge is -2.47. The average Bonchev–Trinajstić information content (AvgIpc) is 3.04. The Hall–Kier alpha value is -4.69. The molecule has 0 atom stereocenters. The first kappa shape index (κ1) is 32.2. The standard InChI is InChI=1S/C39H43NO4/c1-38(2,3)39(31-17-22-34(42-4)23-18-31,32-19-24-35(43-5)25-20-32)33-21-26-36(44-6)30(27-33)15-11-8-12-16-37(41)40-28-29-13-9-7-10-14-29/h7,9-10,13-14,17-27H,8,12,16,28H2,1-6H3,(H,40,41). The molecule has 1 amide bonds. The van der Waals surface area contributed by atoms with E-state index in [0.29, 0.717) is 31.6 Å². The van der Waals surface area contributed by atoms with Crippen LogP contribution in [0.15, 0.2) is 97.1 Å². The highest BCUT2D eigenvalue weighted by molar-refractivity contribution is 5.75. The first-order chi connectivity index (χ1) is 21.2. The lowest BCUT2D eigenvalue weighted by atomic mass is 9.55. The van der Waals surface area contributed by atoms with Gasteiger partial charge in [-0.15, -0.1) is 0 Å². The Labute approximate surface area is 262 Å². The van der Waals surface area contributed by atoms with Gasteiger partial charge in [-0.25, -0.2) is 0 Å².